The first-order valence-corrected chi connectivity index (χ1v) is 6.57. The third kappa shape index (κ3) is 3.55. The molecule has 0 amide bonds. The van der Waals surface area contributed by atoms with Crippen LogP contribution in [0.4, 0.5) is 5.69 Å². The predicted octanol–water partition coefficient (Wildman–Crippen LogP) is 3.37. The molecule has 21 heavy (non-hydrogen) atoms. The Morgan fingerprint density at radius 1 is 1.33 bits per heavy atom. The number of ether oxygens (including phenoxy) is 1. The minimum absolute atomic E-state index is 0.0472. The number of aryl methyl sites for hydroxylation is 1. The molecule has 110 valence electrons. The number of nitro benzene ring substituents is 1. The third-order valence-corrected chi connectivity index (χ3v) is 3.28. The molecule has 6 nitrogen and oxygen atoms in total. The van der Waals surface area contributed by atoms with E-state index in [1.54, 1.807) is 25.3 Å². The molecule has 0 saturated heterocycles. The summed E-state index contributed by atoms with van der Waals surface area (Å²) in [5.74, 6) is 1.02. The van der Waals surface area contributed by atoms with Gasteiger partial charge in [0, 0.05) is 30.4 Å². The van der Waals surface area contributed by atoms with Gasteiger partial charge in [0.15, 0.2) is 0 Å². The third-order valence-electron chi connectivity index (χ3n) is 3.28. The van der Waals surface area contributed by atoms with Crippen molar-refractivity contribution >= 4 is 5.69 Å². The van der Waals surface area contributed by atoms with Gasteiger partial charge < -0.3 is 10.1 Å². The number of hydrogen-bond acceptors (Lipinski definition) is 5. The van der Waals surface area contributed by atoms with Crippen LogP contribution in [0.2, 0.25) is 0 Å². The molecule has 1 unspecified atom stereocenters. The van der Waals surface area contributed by atoms with E-state index in [1.165, 1.54) is 12.1 Å². The van der Waals surface area contributed by atoms with Gasteiger partial charge in [0.05, 0.1) is 4.92 Å². The van der Waals surface area contributed by atoms with Crippen molar-refractivity contribution in [1.82, 2.24) is 10.3 Å². The fourth-order valence-electron chi connectivity index (χ4n) is 1.85. The highest BCUT2D eigenvalue weighted by Crippen LogP contribution is 2.27. The number of pyridine rings is 1. The second-order valence-corrected chi connectivity index (χ2v) is 4.75. The maximum Gasteiger partial charge on any atom is 0.269 e. The van der Waals surface area contributed by atoms with E-state index in [0.29, 0.717) is 17.2 Å². The Hall–Kier alpha value is -2.47. The van der Waals surface area contributed by atoms with Gasteiger partial charge in [0.2, 0.25) is 5.88 Å². The summed E-state index contributed by atoms with van der Waals surface area (Å²) in [4.78, 5) is 14.5. The summed E-state index contributed by atoms with van der Waals surface area (Å²) >= 11 is 0. The second-order valence-electron chi connectivity index (χ2n) is 4.75. The highest BCUT2D eigenvalue weighted by molar-refractivity contribution is 5.44. The van der Waals surface area contributed by atoms with Gasteiger partial charge in [-0.25, -0.2) is 4.98 Å². The molecule has 1 N–H and O–H groups in total. The normalized spacial score (nSPS) is 12.0. The molecule has 1 aromatic carbocycles. The Morgan fingerprint density at radius 3 is 2.62 bits per heavy atom. The van der Waals surface area contributed by atoms with E-state index in [2.05, 4.69) is 10.3 Å². The molecular weight excluding hydrogens is 270 g/mol. The van der Waals surface area contributed by atoms with Crippen LogP contribution in [0.3, 0.4) is 0 Å². The first-order chi connectivity index (χ1) is 10.0. The largest absolute Gasteiger partial charge is 0.439 e. The maximum absolute atomic E-state index is 10.7. The molecule has 0 spiro atoms. The second kappa shape index (κ2) is 6.32. The summed E-state index contributed by atoms with van der Waals surface area (Å²) in [5, 5.41) is 13.8. The van der Waals surface area contributed by atoms with Gasteiger partial charge in [0.25, 0.3) is 5.69 Å². The molecule has 0 aliphatic rings. The molecule has 1 aromatic heterocycles. The summed E-state index contributed by atoms with van der Waals surface area (Å²) < 4.78 is 5.66. The van der Waals surface area contributed by atoms with E-state index in [1.807, 2.05) is 20.0 Å². The Labute approximate surface area is 122 Å². The van der Waals surface area contributed by atoms with Crippen molar-refractivity contribution in [2.45, 2.75) is 19.9 Å². The standard InChI is InChI=1S/C15H17N3O3/c1-10-8-13(18(19)20)5-6-14(10)21-15-7-4-12(9-17-15)11(2)16-3/h4-9,11,16H,1-3H3. The lowest BCUT2D eigenvalue weighted by atomic mass is 10.1. The van der Waals surface area contributed by atoms with Crippen LogP contribution in [-0.4, -0.2) is 17.0 Å². The number of rotatable bonds is 5. The van der Waals surface area contributed by atoms with Crippen molar-refractivity contribution in [3.8, 4) is 11.6 Å². The Kier molecular flexibility index (Phi) is 4.49. The smallest absolute Gasteiger partial charge is 0.269 e. The fraction of sp³-hybridized carbons (Fsp3) is 0.267. The van der Waals surface area contributed by atoms with Crippen LogP contribution < -0.4 is 10.1 Å². The van der Waals surface area contributed by atoms with E-state index in [9.17, 15) is 10.1 Å². The van der Waals surface area contributed by atoms with Gasteiger partial charge in [0.1, 0.15) is 5.75 Å². The number of nitro groups is 1. The monoisotopic (exact) mass is 287 g/mol. The molecule has 1 atom stereocenters. The zero-order chi connectivity index (χ0) is 15.4. The zero-order valence-electron chi connectivity index (χ0n) is 12.2. The van der Waals surface area contributed by atoms with Crippen molar-refractivity contribution in [3.05, 3.63) is 57.8 Å². The van der Waals surface area contributed by atoms with Crippen LogP contribution in [0.5, 0.6) is 11.6 Å². The van der Waals surface area contributed by atoms with Crippen LogP contribution in [0.1, 0.15) is 24.1 Å². The highest BCUT2D eigenvalue weighted by Gasteiger charge is 2.10. The van der Waals surface area contributed by atoms with Crippen LogP contribution in [0.25, 0.3) is 0 Å². The van der Waals surface area contributed by atoms with Crippen molar-refractivity contribution in [2.24, 2.45) is 0 Å². The first kappa shape index (κ1) is 14.9. The molecule has 2 rings (SSSR count). The summed E-state index contributed by atoms with van der Waals surface area (Å²) in [6.07, 6.45) is 1.75. The maximum atomic E-state index is 10.7. The molecule has 2 aromatic rings. The van der Waals surface area contributed by atoms with Crippen LogP contribution >= 0.6 is 0 Å². The van der Waals surface area contributed by atoms with Crippen molar-refractivity contribution in [3.63, 3.8) is 0 Å². The van der Waals surface area contributed by atoms with Crippen molar-refractivity contribution in [2.75, 3.05) is 7.05 Å². The van der Waals surface area contributed by atoms with E-state index in [0.717, 1.165) is 5.56 Å². The van der Waals surface area contributed by atoms with Gasteiger partial charge in [-0.05, 0) is 38.1 Å². The van der Waals surface area contributed by atoms with Crippen molar-refractivity contribution < 1.29 is 9.66 Å². The molecule has 0 aliphatic heterocycles. The van der Waals surface area contributed by atoms with E-state index >= 15 is 0 Å². The topological polar surface area (TPSA) is 77.3 Å². The number of nitrogens with one attached hydrogen (secondary N) is 1. The molecule has 0 saturated carbocycles. The van der Waals surface area contributed by atoms with Crippen LogP contribution in [0.15, 0.2) is 36.5 Å². The molecule has 0 fully saturated rings. The number of aromatic nitrogens is 1. The van der Waals surface area contributed by atoms with Gasteiger partial charge >= 0.3 is 0 Å². The van der Waals surface area contributed by atoms with E-state index in [-0.39, 0.29) is 11.7 Å². The summed E-state index contributed by atoms with van der Waals surface area (Å²) in [7, 11) is 1.88. The first-order valence-electron chi connectivity index (χ1n) is 6.57. The molecule has 0 bridgehead atoms. The van der Waals surface area contributed by atoms with Gasteiger partial charge in [-0.15, -0.1) is 0 Å². The SMILES string of the molecule is CNC(C)c1ccc(Oc2ccc([N+](=O)[O-])cc2C)nc1. The van der Waals surface area contributed by atoms with Gasteiger partial charge in [-0.1, -0.05) is 6.07 Å². The zero-order valence-corrected chi connectivity index (χ0v) is 12.2. The molecule has 0 aliphatic carbocycles. The van der Waals surface area contributed by atoms with Crippen molar-refractivity contribution in [1.29, 1.82) is 0 Å². The highest BCUT2D eigenvalue weighted by atomic mass is 16.6. The fourth-order valence-corrected chi connectivity index (χ4v) is 1.85. The van der Waals surface area contributed by atoms with Crippen LogP contribution in [-0.2, 0) is 0 Å². The lowest BCUT2D eigenvalue weighted by Crippen LogP contribution is -2.12. The van der Waals surface area contributed by atoms with E-state index in [4.69, 9.17) is 4.74 Å². The number of benzene rings is 1. The minimum atomic E-state index is -0.428. The molecular formula is C15H17N3O3. The number of hydrogen-bond donors (Lipinski definition) is 1. The Morgan fingerprint density at radius 2 is 2.10 bits per heavy atom. The van der Waals surface area contributed by atoms with Gasteiger partial charge in [-0.3, -0.25) is 10.1 Å². The van der Waals surface area contributed by atoms with Gasteiger partial charge in [-0.2, -0.15) is 0 Å². The summed E-state index contributed by atoms with van der Waals surface area (Å²) in [6.45, 7) is 3.80. The van der Waals surface area contributed by atoms with Crippen LogP contribution in [0, 0.1) is 17.0 Å². The number of nitrogens with zero attached hydrogens (tertiary/aromatic N) is 2. The average molecular weight is 287 g/mol. The molecule has 1 heterocycles. The summed E-state index contributed by atoms with van der Waals surface area (Å²) in [5.41, 5.74) is 1.80. The predicted molar refractivity (Wildman–Crippen MR) is 79.6 cm³/mol. The quantitative estimate of drug-likeness (QED) is 0.674. The summed E-state index contributed by atoms with van der Waals surface area (Å²) in [6, 6.07) is 8.41. The molecule has 6 heteroatoms. The lowest BCUT2D eigenvalue weighted by molar-refractivity contribution is -0.384. The Bertz CT molecular complexity index is 641. The molecule has 0 radical (unpaired) electrons. The number of non-ortho nitro benzene ring substituents is 1. The average Bonchev–Trinajstić information content (AvgIpc) is 2.49. The lowest BCUT2D eigenvalue weighted by Gasteiger charge is -2.11. The Balaban J connectivity index is 2.16. The minimum Gasteiger partial charge on any atom is -0.439 e. The van der Waals surface area contributed by atoms with E-state index < -0.39 is 4.92 Å².